The molecule has 8 nitrogen and oxygen atoms in total. The molecule has 8 heteroatoms. The topological polar surface area (TPSA) is 94.7 Å². The average molecular weight is 503 g/mol. The predicted molar refractivity (Wildman–Crippen MR) is 141 cm³/mol. The van der Waals surface area contributed by atoms with E-state index in [1.165, 1.54) is 7.11 Å². The van der Waals surface area contributed by atoms with Crippen molar-refractivity contribution in [3.63, 3.8) is 0 Å². The highest BCUT2D eigenvalue weighted by Gasteiger charge is 2.51. The van der Waals surface area contributed by atoms with Crippen molar-refractivity contribution < 1.29 is 19.1 Å². The van der Waals surface area contributed by atoms with Crippen LogP contribution in [0.15, 0.2) is 54.6 Å². The molecule has 0 spiro atoms. The fraction of sp³-hybridized carbons (Fsp3) is 0.414. The second-order valence-corrected chi connectivity index (χ2v) is 10.3. The van der Waals surface area contributed by atoms with E-state index in [4.69, 9.17) is 4.74 Å². The largest absolute Gasteiger partial charge is 0.467 e. The number of para-hydroxylation sites is 1. The predicted octanol–water partition coefficient (Wildman–Crippen LogP) is 3.82. The number of fused-ring (bicyclic) bond motifs is 5. The van der Waals surface area contributed by atoms with Crippen LogP contribution in [0.2, 0.25) is 0 Å². The lowest BCUT2D eigenvalue weighted by Gasteiger charge is -2.50. The third kappa shape index (κ3) is 4.68. The summed E-state index contributed by atoms with van der Waals surface area (Å²) in [6, 6.07) is 15.8. The molecule has 2 N–H and O–H groups in total. The number of hydrogen-bond donors (Lipinski definition) is 2. The van der Waals surface area contributed by atoms with Crippen molar-refractivity contribution in [1.82, 2.24) is 20.1 Å². The molecule has 3 aromatic rings. The quantitative estimate of drug-likeness (QED) is 0.501. The van der Waals surface area contributed by atoms with Gasteiger partial charge < -0.3 is 24.8 Å². The van der Waals surface area contributed by atoms with E-state index >= 15 is 0 Å². The van der Waals surface area contributed by atoms with Crippen LogP contribution in [0.3, 0.4) is 0 Å². The highest BCUT2D eigenvalue weighted by Crippen LogP contribution is 2.41. The van der Waals surface area contributed by atoms with Gasteiger partial charge in [-0.1, -0.05) is 62.4 Å². The average Bonchev–Trinajstić information content (AvgIpc) is 3.28. The van der Waals surface area contributed by atoms with Crippen molar-refractivity contribution in [2.45, 2.75) is 51.2 Å². The van der Waals surface area contributed by atoms with Crippen molar-refractivity contribution in [3.05, 3.63) is 71.4 Å². The van der Waals surface area contributed by atoms with Crippen molar-refractivity contribution in [3.8, 4) is 0 Å². The Labute approximate surface area is 217 Å². The van der Waals surface area contributed by atoms with Gasteiger partial charge in [0.25, 0.3) is 0 Å². The number of methoxy groups -OCH3 is 1. The van der Waals surface area contributed by atoms with Crippen molar-refractivity contribution >= 4 is 28.8 Å². The van der Waals surface area contributed by atoms with Crippen LogP contribution in [0.25, 0.3) is 10.9 Å². The van der Waals surface area contributed by atoms with Crippen LogP contribution >= 0.6 is 0 Å². The van der Waals surface area contributed by atoms with Crippen LogP contribution in [0, 0.1) is 5.92 Å². The van der Waals surface area contributed by atoms with Gasteiger partial charge in [0.2, 0.25) is 5.91 Å². The number of nitrogens with zero attached hydrogens (tertiary/aromatic N) is 2. The second kappa shape index (κ2) is 10.3. The SMILES string of the molecule is COC(=O)[C@@H]1Cc2c([nH]c3ccccc23)[C@@H]2CN(C(=O)NCCc3ccccc3)[C@@H](CC(C)C)C(=O)N12. The molecule has 2 aliphatic heterocycles. The van der Waals surface area contributed by atoms with Crippen molar-refractivity contribution in [2.24, 2.45) is 5.92 Å². The molecule has 2 aliphatic rings. The fourth-order valence-corrected chi connectivity index (χ4v) is 5.77. The molecule has 5 rings (SSSR count). The summed E-state index contributed by atoms with van der Waals surface area (Å²) in [5.41, 5.74) is 3.98. The summed E-state index contributed by atoms with van der Waals surface area (Å²) in [5, 5.41) is 4.06. The molecular weight excluding hydrogens is 468 g/mol. The number of ether oxygens (including phenoxy) is 1. The molecule has 1 saturated heterocycles. The van der Waals surface area contributed by atoms with Gasteiger partial charge in [-0.25, -0.2) is 9.59 Å². The third-order valence-electron chi connectivity index (χ3n) is 7.50. The van der Waals surface area contributed by atoms with E-state index in [2.05, 4.69) is 10.3 Å². The van der Waals surface area contributed by atoms with E-state index in [0.29, 0.717) is 32.4 Å². The number of benzene rings is 2. The number of nitrogens with one attached hydrogen (secondary N) is 2. The van der Waals surface area contributed by atoms with Crippen molar-refractivity contribution in [1.29, 1.82) is 0 Å². The van der Waals surface area contributed by atoms with Crippen LogP contribution in [-0.4, -0.2) is 65.0 Å². The number of rotatable bonds is 6. The number of amides is 3. The Morgan fingerprint density at radius 1 is 1.11 bits per heavy atom. The molecule has 37 heavy (non-hydrogen) atoms. The zero-order valence-corrected chi connectivity index (χ0v) is 21.6. The smallest absolute Gasteiger partial charge is 0.328 e. The van der Waals surface area contributed by atoms with E-state index < -0.39 is 24.1 Å². The standard InChI is InChI=1S/C29H34N4O4/c1-18(2)15-23-27(34)33-24(28(35)37-3)16-21-20-11-7-8-12-22(20)31-26(21)25(33)17-32(23)29(36)30-14-13-19-9-5-4-6-10-19/h4-12,18,23-25,31H,13-17H2,1-3H3,(H,30,36)/t23-,24-,25-/m0/s1. The van der Waals surface area contributed by atoms with Gasteiger partial charge in [0, 0.05) is 36.1 Å². The Morgan fingerprint density at radius 2 is 1.84 bits per heavy atom. The molecule has 1 aromatic heterocycles. The number of esters is 1. The summed E-state index contributed by atoms with van der Waals surface area (Å²) in [5.74, 6) is -0.448. The van der Waals surface area contributed by atoms with E-state index in [1.54, 1.807) is 9.80 Å². The lowest BCUT2D eigenvalue weighted by atomic mass is 9.87. The van der Waals surface area contributed by atoms with Gasteiger partial charge in [0.05, 0.1) is 13.2 Å². The molecule has 0 saturated carbocycles. The first kappa shape index (κ1) is 24.9. The molecule has 0 unspecified atom stereocenters. The molecule has 0 bridgehead atoms. The maximum Gasteiger partial charge on any atom is 0.328 e. The second-order valence-electron chi connectivity index (χ2n) is 10.3. The molecule has 1 fully saturated rings. The van der Waals surface area contributed by atoms with Gasteiger partial charge in [-0.2, -0.15) is 0 Å². The number of hydrogen-bond acceptors (Lipinski definition) is 4. The van der Waals surface area contributed by atoms with Crippen LogP contribution in [0.5, 0.6) is 0 Å². The Morgan fingerprint density at radius 3 is 2.57 bits per heavy atom. The number of H-pyrrole nitrogens is 1. The number of urea groups is 1. The van der Waals surface area contributed by atoms with Crippen LogP contribution < -0.4 is 5.32 Å². The molecule has 194 valence electrons. The van der Waals surface area contributed by atoms with E-state index in [-0.39, 0.29) is 17.9 Å². The lowest BCUT2D eigenvalue weighted by molar-refractivity contribution is -0.162. The van der Waals surface area contributed by atoms with Gasteiger partial charge in [0.15, 0.2) is 0 Å². The number of aromatic amines is 1. The molecule has 0 radical (unpaired) electrons. The highest BCUT2D eigenvalue weighted by atomic mass is 16.5. The Kier molecular flexibility index (Phi) is 6.91. The number of carbonyl (C=O) groups excluding carboxylic acids is 3. The zero-order chi connectivity index (χ0) is 26.1. The Hall–Kier alpha value is -3.81. The summed E-state index contributed by atoms with van der Waals surface area (Å²) in [7, 11) is 1.36. The monoisotopic (exact) mass is 502 g/mol. The molecule has 2 aromatic carbocycles. The molecule has 0 aliphatic carbocycles. The summed E-state index contributed by atoms with van der Waals surface area (Å²) < 4.78 is 5.14. The first-order chi connectivity index (χ1) is 17.9. The highest BCUT2D eigenvalue weighted by molar-refractivity contribution is 5.94. The first-order valence-corrected chi connectivity index (χ1v) is 13.0. The van der Waals surface area contributed by atoms with Crippen LogP contribution in [-0.2, 0) is 27.2 Å². The number of carbonyl (C=O) groups is 3. The molecule has 3 atom stereocenters. The van der Waals surface area contributed by atoms with E-state index in [0.717, 1.165) is 27.7 Å². The number of aromatic nitrogens is 1. The third-order valence-corrected chi connectivity index (χ3v) is 7.50. The Balaban J connectivity index is 1.48. The van der Waals surface area contributed by atoms with Gasteiger partial charge >= 0.3 is 12.0 Å². The van der Waals surface area contributed by atoms with E-state index in [9.17, 15) is 14.4 Å². The molecule has 3 heterocycles. The summed E-state index contributed by atoms with van der Waals surface area (Å²) in [6.45, 7) is 4.84. The first-order valence-electron chi connectivity index (χ1n) is 13.0. The van der Waals surface area contributed by atoms with Gasteiger partial charge in [-0.15, -0.1) is 0 Å². The van der Waals surface area contributed by atoms with Gasteiger partial charge in [-0.3, -0.25) is 4.79 Å². The minimum Gasteiger partial charge on any atom is -0.467 e. The Bertz CT molecular complexity index is 1300. The van der Waals surface area contributed by atoms with Crippen LogP contribution in [0.4, 0.5) is 4.79 Å². The molecular formula is C29H34N4O4. The minimum atomic E-state index is -0.729. The fourth-order valence-electron chi connectivity index (χ4n) is 5.77. The summed E-state index contributed by atoms with van der Waals surface area (Å²) >= 11 is 0. The zero-order valence-electron chi connectivity index (χ0n) is 21.6. The van der Waals surface area contributed by atoms with Crippen LogP contribution in [0.1, 0.15) is 43.1 Å². The van der Waals surface area contributed by atoms with Gasteiger partial charge in [0.1, 0.15) is 12.1 Å². The minimum absolute atomic E-state index is 0.190. The summed E-state index contributed by atoms with van der Waals surface area (Å²) in [6.07, 6.45) is 1.60. The lowest BCUT2D eigenvalue weighted by Crippen LogP contribution is -2.66. The normalized spacial score (nSPS) is 21.1. The summed E-state index contributed by atoms with van der Waals surface area (Å²) in [4.78, 5) is 47.3. The maximum absolute atomic E-state index is 14.0. The van der Waals surface area contributed by atoms with Gasteiger partial charge in [-0.05, 0) is 36.0 Å². The maximum atomic E-state index is 14.0. The number of piperazine rings is 1. The molecule has 3 amide bonds. The van der Waals surface area contributed by atoms with Crippen molar-refractivity contribution in [2.75, 3.05) is 20.2 Å². The van der Waals surface area contributed by atoms with E-state index in [1.807, 2.05) is 68.4 Å².